The van der Waals surface area contributed by atoms with Crippen LogP contribution in [0.25, 0.3) is 5.69 Å². The highest BCUT2D eigenvalue weighted by Gasteiger charge is 2.34. The van der Waals surface area contributed by atoms with Crippen molar-refractivity contribution in [2.45, 2.75) is 13.1 Å². The second kappa shape index (κ2) is 5.04. The molecule has 0 saturated heterocycles. The zero-order valence-corrected chi connectivity index (χ0v) is 10.7. The van der Waals surface area contributed by atoms with Crippen LogP contribution in [-0.4, -0.2) is 20.7 Å². The summed E-state index contributed by atoms with van der Waals surface area (Å²) in [6.45, 7) is 1.03. The van der Waals surface area contributed by atoms with Crippen molar-refractivity contribution >= 4 is 5.78 Å². The predicted octanol–water partition coefficient (Wildman–Crippen LogP) is 2.16. The lowest BCUT2D eigenvalue weighted by Gasteiger charge is -2.14. The van der Waals surface area contributed by atoms with E-state index in [4.69, 9.17) is 0 Å². The van der Waals surface area contributed by atoms with E-state index in [2.05, 4.69) is 5.10 Å². The van der Waals surface area contributed by atoms with E-state index in [9.17, 15) is 27.9 Å². The van der Waals surface area contributed by atoms with E-state index in [1.807, 2.05) is 0 Å². The van der Waals surface area contributed by atoms with E-state index in [0.29, 0.717) is 4.68 Å². The van der Waals surface area contributed by atoms with E-state index >= 15 is 0 Å². The molecule has 0 unspecified atom stereocenters. The zero-order valence-electron chi connectivity index (χ0n) is 10.7. The first-order valence-corrected chi connectivity index (χ1v) is 5.72. The molecule has 110 valence electrons. The first-order chi connectivity index (χ1) is 9.71. The molecule has 1 N–H and O–H groups in total. The first kappa shape index (κ1) is 14.8. The van der Waals surface area contributed by atoms with Crippen molar-refractivity contribution in [3.8, 4) is 11.4 Å². The Bertz CT molecular complexity index is 766. The van der Waals surface area contributed by atoms with Gasteiger partial charge in [0.2, 0.25) is 0 Å². The van der Waals surface area contributed by atoms with Crippen LogP contribution in [0.4, 0.5) is 13.2 Å². The molecule has 2 aromatic rings. The lowest BCUT2D eigenvalue weighted by atomic mass is 10.1. The van der Waals surface area contributed by atoms with Crippen molar-refractivity contribution < 1.29 is 23.1 Å². The monoisotopic (exact) mass is 298 g/mol. The number of hydrogen-bond acceptors (Lipinski definition) is 4. The third-order valence-corrected chi connectivity index (χ3v) is 2.69. The van der Waals surface area contributed by atoms with Gasteiger partial charge in [-0.05, 0) is 12.1 Å². The quantitative estimate of drug-likeness (QED) is 0.862. The van der Waals surface area contributed by atoms with E-state index in [0.717, 1.165) is 25.3 Å². The Morgan fingerprint density at radius 3 is 2.48 bits per heavy atom. The maximum Gasteiger partial charge on any atom is 0.418 e. The van der Waals surface area contributed by atoms with Gasteiger partial charge in [-0.25, -0.2) is 4.68 Å². The third-order valence-electron chi connectivity index (χ3n) is 2.69. The summed E-state index contributed by atoms with van der Waals surface area (Å²) < 4.78 is 39.5. The highest BCUT2D eigenvalue weighted by Crippen LogP contribution is 2.33. The number of carbonyl (C=O) groups excluding carboxylic acids is 1. The fraction of sp³-hybridized carbons (Fsp3) is 0.154. The average Bonchev–Trinajstić information content (AvgIpc) is 2.40. The SMILES string of the molecule is CC(=O)c1nn(-c2ccccc2C(F)(F)F)cc(O)c1=O. The van der Waals surface area contributed by atoms with Gasteiger partial charge in [0.05, 0.1) is 17.4 Å². The summed E-state index contributed by atoms with van der Waals surface area (Å²) in [7, 11) is 0. The van der Waals surface area contributed by atoms with Gasteiger partial charge >= 0.3 is 6.18 Å². The molecule has 2 rings (SSSR count). The molecule has 1 aromatic heterocycles. The highest BCUT2D eigenvalue weighted by molar-refractivity contribution is 5.92. The molecular formula is C13H9F3N2O3. The number of para-hydroxylation sites is 1. The Morgan fingerprint density at radius 1 is 1.29 bits per heavy atom. The lowest BCUT2D eigenvalue weighted by Crippen LogP contribution is -2.21. The molecule has 0 aliphatic rings. The van der Waals surface area contributed by atoms with Crippen molar-refractivity contribution in [2.75, 3.05) is 0 Å². The molecule has 0 atom stereocenters. The number of nitrogens with zero attached hydrogens (tertiary/aromatic N) is 2. The van der Waals surface area contributed by atoms with Gasteiger partial charge in [0.1, 0.15) is 0 Å². The van der Waals surface area contributed by atoms with Gasteiger partial charge in [-0.1, -0.05) is 12.1 Å². The molecule has 0 radical (unpaired) electrons. The molecule has 0 spiro atoms. The topological polar surface area (TPSA) is 72.2 Å². The molecule has 0 amide bonds. The zero-order chi connectivity index (χ0) is 15.8. The Morgan fingerprint density at radius 2 is 1.90 bits per heavy atom. The molecular weight excluding hydrogens is 289 g/mol. The maximum atomic E-state index is 12.9. The third kappa shape index (κ3) is 2.78. The van der Waals surface area contributed by atoms with E-state index in [1.54, 1.807) is 0 Å². The molecule has 1 heterocycles. The number of aromatic hydroxyl groups is 1. The van der Waals surface area contributed by atoms with Gasteiger partial charge in [0, 0.05) is 6.92 Å². The van der Waals surface area contributed by atoms with Gasteiger partial charge < -0.3 is 5.11 Å². The number of hydrogen-bond donors (Lipinski definition) is 1. The molecule has 0 aliphatic carbocycles. The number of carbonyl (C=O) groups is 1. The summed E-state index contributed by atoms with van der Waals surface area (Å²) in [4.78, 5) is 22.8. The van der Waals surface area contributed by atoms with Crippen LogP contribution in [0.2, 0.25) is 0 Å². The second-order valence-corrected chi connectivity index (χ2v) is 4.21. The minimum absolute atomic E-state index is 0.400. The highest BCUT2D eigenvalue weighted by atomic mass is 19.4. The van der Waals surface area contributed by atoms with E-state index in [-0.39, 0.29) is 0 Å². The van der Waals surface area contributed by atoms with E-state index in [1.165, 1.54) is 12.1 Å². The molecule has 0 saturated carbocycles. The van der Waals surface area contributed by atoms with Gasteiger partial charge in [-0.2, -0.15) is 18.3 Å². The smallest absolute Gasteiger partial charge is 0.418 e. The summed E-state index contributed by atoms with van der Waals surface area (Å²) in [5, 5.41) is 13.0. The molecule has 1 aromatic carbocycles. The summed E-state index contributed by atoms with van der Waals surface area (Å²) in [5.41, 5.74) is -3.06. The number of Topliss-reactive ketones (excluding diaryl/α,β-unsaturated/α-hetero) is 1. The number of ketones is 1. The molecule has 21 heavy (non-hydrogen) atoms. The fourth-order valence-corrected chi connectivity index (χ4v) is 1.74. The van der Waals surface area contributed by atoms with Crippen molar-refractivity contribution in [1.29, 1.82) is 0 Å². The number of rotatable bonds is 2. The number of benzene rings is 1. The average molecular weight is 298 g/mol. The normalized spacial score (nSPS) is 11.4. The standard InChI is InChI=1S/C13H9F3N2O3/c1-7(19)11-12(21)10(20)6-18(17-11)9-5-3-2-4-8(9)13(14,15)16/h2-6,20H,1H3. The van der Waals surface area contributed by atoms with Gasteiger partial charge in [0.15, 0.2) is 17.2 Å². The van der Waals surface area contributed by atoms with Gasteiger partial charge in [-0.3, -0.25) is 9.59 Å². The molecule has 0 fully saturated rings. The Hall–Kier alpha value is -2.64. The van der Waals surface area contributed by atoms with Crippen LogP contribution in [0.1, 0.15) is 23.0 Å². The Balaban J connectivity index is 2.75. The maximum absolute atomic E-state index is 12.9. The fourth-order valence-electron chi connectivity index (χ4n) is 1.74. The van der Waals surface area contributed by atoms with Crippen molar-refractivity contribution in [3.05, 3.63) is 51.9 Å². The van der Waals surface area contributed by atoms with Crippen molar-refractivity contribution in [1.82, 2.24) is 9.78 Å². The molecule has 8 heteroatoms. The molecule has 5 nitrogen and oxygen atoms in total. The Labute approximate surface area is 116 Å². The number of aromatic nitrogens is 2. The summed E-state index contributed by atoms with van der Waals surface area (Å²) in [6, 6.07) is 4.48. The van der Waals surface area contributed by atoms with Crippen LogP contribution in [0.15, 0.2) is 35.3 Å². The number of halogens is 3. The minimum atomic E-state index is -4.65. The summed E-state index contributed by atoms with van der Waals surface area (Å²) in [5.74, 6) is -1.61. The van der Waals surface area contributed by atoms with Crippen LogP contribution in [-0.2, 0) is 6.18 Å². The predicted molar refractivity (Wildman–Crippen MR) is 66.5 cm³/mol. The van der Waals surface area contributed by atoms with Gasteiger partial charge in [0.25, 0.3) is 5.43 Å². The van der Waals surface area contributed by atoms with Crippen molar-refractivity contribution in [2.24, 2.45) is 0 Å². The Kier molecular flexibility index (Phi) is 3.54. The minimum Gasteiger partial charge on any atom is -0.503 e. The molecule has 0 aliphatic heterocycles. The van der Waals surface area contributed by atoms with Crippen LogP contribution in [0.3, 0.4) is 0 Å². The van der Waals surface area contributed by atoms with E-state index < -0.39 is 40.1 Å². The largest absolute Gasteiger partial charge is 0.503 e. The van der Waals surface area contributed by atoms with Crippen molar-refractivity contribution in [3.63, 3.8) is 0 Å². The first-order valence-electron chi connectivity index (χ1n) is 5.72. The number of alkyl halides is 3. The van der Waals surface area contributed by atoms with Crippen LogP contribution < -0.4 is 5.43 Å². The van der Waals surface area contributed by atoms with Crippen LogP contribution in [0, 0.1) is 0 Å². The summed E-state index contributed by atoms with van der Waals surface area (Å²) in [6.07, 6.45) is -3.91. The summed E-state index contributed by atoms with van der Waals surface area (Å²) >= 11 is 0. The van der Waals surface area contributed by atoms with Gasteiger partial charge in [-0.15, -0.1) is 0 Å². The van der Waals surface area contributed by atoms with Crippen LogP contribution in [0.5, 0.6) is 5.75 Å². The van der Waals surface area contributed by atoms with Crippen LogP contribution >= 0.6 is 0 Å². The lowest BCUT2D eigenvalue weighted by molar-refractivity contribution is -0.137. The second-order valence-electron chi connectivity index (χ2n) is 4.21. The molecule has 0 bridgehead atoms.